The highest BCUT2D eigenvalue weighted by Crippen LogP contribution is 2.39. The van der Waals surface area contributed by atoms with Gasteiger partial charge in [-0.05, 0) is 12.8 Å². The second-order valence-electron chi connectivity index (χ2n) is 3.40. The van der Waals surface area contributed by atoms with Crippen LogP contribution in [0.15, 0.2) is 4.52 Å². The van der Waals surface area contributed by atoms with Crippen LogP contribution in [0.3, 0.4) is 0 Å². The molecular formula is C8H13N3O. The van der Waals surface area contributed by atoms with Gasteiger partial charge in [-0.2, -0.15) is 4.98 Å². The van der Waals surface area contributed by atoms with E-state index in [2.05, 4.69) is 10.1 Å². The minimum Gasteiger partial charge on any atom is -0.339 e. The van der Waals surface area contributed by atoms with E-state index in [9.17, 15) is 0 Å². The molecule has 0 aliphatic heterocycles. The maximum absolute atomic E-state index is 5.48. The second-order valence-corrected chi connectivity index (χ2v) is 3.40. The summed E-state index contributed by atoms with van der Waals surface area (Å²) in [6.07, 6.45) is 2.39. The first-order valence-electron chi connectivity index (χ1n) is 4.35. The molecule has 1 aliphatic carbocycles. The molecule has 0 bridgehead atoms. The van der Waals surface area contributed by atoms with Crippen LogP contribution in [0, 0.1) is 0 Å². The van der Waals surface area contributed by atoms with Crippen molar-refractivity contribution < 1.29 is 4.52 Å². The molecule has 4 nitrogen and oxygen atoms in total. The summed E-state index contributed by atoms with van der Waals surface area (Å²) < 4.78 is 5.09. The average molecular weight is 167 g/mol. The number of nitrogens with zero attached hydrogens (tertiary/aromatic N) is 2. The van der Waals surface area contributed by atoms with Crippen molar-refractivity contribution in [2.75, 3.05) is 6.54 Å². The fourth-order valence-corrected chi connectivity index (χ4v) is 1.05. The molecule has 2 N–H and O–H groups in total. The molecule has 1 aromatic rings. The van der Waals surface area contributed by atoms with Crippen LogP contribution in [-0.2, 0) is 0 Å². The molecule has 1 heterocycles. The monoisotopic (exact) mass is 167 g/mol. The Balaban J connectivity index is 2.12. The van der Waals surface area contributed by atoms with Gasteiger partial charge in [0.25, 0.3) is 0 Å². The molecule has 0 radical (unpaired) electrons. The lowest BCUT2D eigenvalue weighted by atomic mass is 10.2. The Morgan fingerprint density at radius 2 is 2.42 bits per heavy atom. The highest BCUT2D eigenvalue weighted by atomic mass is 16.5. The van der Waals surface area contributed by atoms with Crippen molar-refractivity contribution in [2.24, 2.45) is 5.73 Å². The standard InChI is InChI=1S/C8H13N3O/c1-5(4-9)7-10-8(12-11-7)6-2-3-6/h5-6H,2-4,9H2,1H3. The van der Waals surface area contributed by atoms with Gasteiger partial charge in [-0.1, -0.05) is 12.1 Å². The van der Waals surface area contributed by atoms with Gasteiger partial charge in [-0.25, -0.2) is 0 Å². The molecule has 1 saturated carbocycles. The molecule has 2 rings (SSSR count). The van der Waals surface area contributed by atoms with Crippen LogP contribution in [0.2, 0.25) is 0 Å². The van der Waals surface area contributed by atoms with E-state index in [4.69, 9.17) is 10.3 Å². The predicted octanol–water partition coefficient (Wildman–Crippen LogP) is 1.01. The van der Waals surface area contributed by atoms with Gasteiger partial charge in [0, 0.05) is 18.4 Å². The third kappa shape index (κ3) is 1.34. The van der Waals surface area contributed by atoms with E-state index in [0.717, 1.165) is 11.7 Å². The molecule has 66 valence electrons. The molecule has 1 fully saturated rings. The third-order valence-electron chi connectivity index (χ3n) is 2.18. The van der Waals surface area contributed by atoms with E-state index in [1.807, 2.05) is 6.92 Å². The summed E-state index contributed by atoms with van der Waals surface area (Å²) in [5.74, 6) is 2.29. The molecule has 12 heavy (non-hydrogen) atoms. The summed E-state index contributed by atoms with van der Waals surface area (Å²) in [4.78, 5) is 4.29. The smallest absolute Gasteiger partial charge is 0.229 e. The Kier molecular flexibility index (Phi) is 1.84. The molecule has 0 aromatic carbocycles. The highest BCUT2D eigenvalue weighted by Gasteiger charge is 2.30. The minimum atomic E-state index is 0.209. The quantitative estimate of drug-likeness (QED) is 0.729. The zero-order valence-electron chi connectivity index (χ0n) is 7.16. The molecule has 1 aromatic heterocycles. The van der Waals surface area contributed by atoms with Gasteiger partial charge in [0.15, 0.2) is 5.82 Å². The van der Waals surface area contributed by atoms with Crippen LogP contribution in [-0.4, -0.2) is 16.7 Å². The molecule has 1 atom stereocenters. The SMILES string of the molecule is CC(CN)c1noc(C2CC2)n1. The van der Waals surface area contributed by atoms with Crippen molar-refractivity contribution in [3.8, 4) is 0 Å². The van der Waals surface area contributed by atoms with E-state index >= 15 is 0 Å². The van der Waals surface area contributed by atoms with E-state index < -0.39 is 0 Å². The molecule has 1 unspecified atom stereocenters. The summed E-state index contributed by atoms with van der Waals surface area (Å²) >= 11 is 0. The van der Waals surface area contributed by atoms with Crippen molar-refractivity contribution in [2.45, 2.75) is 31.6 Å². The second kappa shape index (κ2) is 2.86. The Morgan fingerprint density at radius 1 is 1.67 bits per heavy atom. The van der Waals surface area contributed by atoms with E-state index in [-0.39, 0.29) is 5.92 Å². The first-order chi connectivity index (χ1) is 5.81. The van der Waals surface area contributed by atoms with Gasteiger partial charge in [0.05, 0.1) is 0 Å². The van der Waals surface area contributed by atoms with Crippen molar-refractivity contribution in [3.63, 3.8) is 0 Å². The Morgan fingerprint density at radius 3 is 3.00 bits per heavy atom. The molecular weight excluding hydrogens is 154 g/mol. The van der Waals surface area contributed by atoms with Crippen molar-refractivity contribution in [3.05, 3.63) is 11.7 Å². The maximum Gasteiger partial charge on any atom is 0.229 e. The predicted molar refractivity (Wildman–Crippen MR) is 43.7 cm³/mol. The van der Waals surface area contributed by atoms with Gasteiger partial charge in [-0.15, -0.1) is 0 Å². The van der Waals surface area contributed by atoms with E-state index in [0.29, 0.717) is 12.5 Å². The lowest BCUT2D eigenvalue weighted by molar-refractivity contribution is 0.371. The summed E-state index contributed by atoms with van der Waals surface area (Å²) in [6, 6.07) is 0. The summed E-state index contributed by atoms with van der Waals surface area (Å²) in [5, 5.41) is 3.88. The average Bonchev–Trinajstić information content (AvgIpc) is 2.83. The summed E-state index contributed by atoms with van der Waals surface area (Å²) in [5.41, 5.74) is 5.48. The molecule has 4 heteroatoms. The summed E-state index contributed by atoms with van der Waals surface area (Å²) in [6.45, 7) is 2.57. The third-order valence-corrected chi connectivity index (χ3v) is 2.18. The van der Waals surface area contributed by atoms with Gasteiger partial charge in [-0.3, -0.25) is 0 Å². The van der Waals surface area contributed by atoms with Crippen molar-refractivity contribution >= 4 is 0 Å². The lowest BCUT2D eigenvalue weighted by Gasteiger charge is -1.98. The molecule has 1 aliphatic rings. The summed E-state index contributed by atoms with van der Waals surface area (Å²) in [7, 11) is 0. The van der Waals surface area contributed by atoms with Gasteiger partial charge in [0.2, 0.25) is 5.89 Å². The number of nitrogens with two attached hydrogens (primary N) is 1. The number of aromatic nitrogens is 2. The minimum absolute atomic E-state index is 0.209. The highest BCUT2D eigenvalue weighted by molar-refractivity contribution is 5.03. The van der Waals surface area contributed by atoms with Gasteiger partial charge < -0.3 is 10.3 Å². The normalized spacial score (nSPS) is 19.5. The molecule has 0 saturated heterocycles. The van der Waals surface area contributed by atoms with Crippen LogP contribution < -0.4 is 5.73 Å². The largest absolute Gasteiger partial charge is 0.339 e. The topological polar surface area (TPSA) is 64.9 Å². The molecule has 0 amide bonds. The van der Waals surface area contributed by atoms with Gasteiger partial charge >= 0.3 is 0 Å². The molecule has 0 spiro atoms. The Hall–Kier alpha value is -0.900. The van der Waals surface area contributed by atoms with Crippen molar-refractivity contribution in [1.82, 2.24) is 10.1 Å². The Labute approximate surface area is 71.1 Å². The van der Waals surface area contributed by atoms with Crippen LogP contribution in [0.4, 0.5) is 0 Å². The number of hydrogen-bond acceptors (Lipinski definition) is 4. The lowest BCUT2D eigenvalue weighted by Crippen LogP contribution is -2.10. The first-order valence-corrected chi connectivity index (χ1v) is 4.35. The van der Waals surface area contributed by atoms with Crippen LogP contribution >= 0.6 is 0 Å². The fourth-order valence-electron chi connectivity index (χ4n) is 1.05. The maximum atomic E-state index is 5.48. The number of hydrogen-bond donors (Lipinski definition) is 1. The van der Waals surface area contributed by atoms with E-state index in [1.54, 1.807) is 0 Å². The van der Waals surface area contributed by atoms with Gasteiger partial charge in [0.1, 0.15) is 0 Å². The fraction of sp³-hybridized carbons (Fsp3) is 0.750. The van der Waals surface area contributed by atoms with E-state index in [1.165, 1.54) is 12.8 Å². The number of rotatable bonds is 3. The van der Waals surface area contributed by atoms with Crippen LogP contribution in [0.5, 0.6) is 0 Å². The Bertz CT molecular complexity index is 267. The van der Waals surface area contributed by atoms with Crippen LogP contribution in [0.1, 0.15) is 43.3 Å². The zero-order chi connectivity index (χ0) is 8.55. The van der Waals surface area contributed by atoms with Crippen LogP contribution in [0.25, 0.3) is 0 Å². The van der Waals surface area contributed by atoms with Crippen molar-refractivity contribution in [1.29, 1.82) is 0 Å². The first kappa shape index (κ1) is 7.73. The zero-order valence-corrected chi connectivity index (χ0v) is 7.16.